The van der Waals surface area contributed by atoms with Crippen LogP contribution in [0, 0.1) is 6.92 Å². The molecule has 0 radical (unpaired) electrons. The number of methoxy groups -OCH3 is 1. The molecule has 0 unspecified atom stereocenters. The third kappa shape index (κ3) is 4.21. The molecule has 2 heterocycles. The minimum absolute atomic E-state index is 0.244. The zero-order chi connectivity index (χ0) is 20.2. The topological polar surface area (TPSA) is 94.6 Å². The molecule has 4 rings (SSSR count). The molecule has 0 fully saturated rings. The van der Waals surface area contributed by atoms with Crippen molar-refractivity contribution in [2.45, 2.75) is 13.5 Å². The van der Waals surface area contributed by atoms with Crippen molar-refractivity contribution >= 4 is 17.5 Å². The van der Waals surface area contributed by atoms with Gasteiger partial charge in [-0.15, -0.1) is 0 Å². The number of fused-ring (bicyclic) bond motifs is 1. The molecule has 1 aliphatic heterocycles. The van der Waals surface area contributed by atoms with Crippen LogP contribution in [-0.2, 0) is 6.54 Å². The molecule has 148 valence electrons. The highest BCUT2D eigenvalue weighted by Gasteiger charge is 2.14. The molecule has 0 aliphatic carbocycles. The standard InChI is InChI=1S/C21H20N4O4/c1-13-17(20(26)25-15-4-3-5-16(9-15)27-2)11-23-21(24-13)22-10-14-6-7-18-19(8-14)29-12-28-18/h3-9,11H,10,12H2,1-2H3,(H,25,26)(H,22,23,24). The molecule has 0 saturated carbocycles. The molecule has 3 aromatic rings. The average Bonchev–Trinajstić information content (AvgIpc) is 3.20. The minimum Gasteiger partial charge on any atom is -0.497 e. The first kappa shape index (κ1) is 18.5. The highest BCUT2D eigenvalue weighted by molar-refractivity contribution is 6.04. The summed E-state index contributed by atoms with van der Waals surface area (Å²) >= 11 is 0. The number of nitrogens with one attached hydrogen (secondary N) is 2. The molecule has 0 spiro atoms. The van der Waals surface area contributed by atoms with Crippen molar-refractivity contribution in [2.75, 3.05) is 24.5 Å². The molecule has 0 saturated heterocycles. The maximum atomic E-state index is 12.6. The summed E-state index contributed by atoms with van der Waals surface area (Å²) in [5.74, 6) is 2.30. The number of nitrogens with zero attached hydrogens (tertiary/aromatic N) is 2. The fourth-order valence-corrected chi connectivity index (χ4v) is 2.91. The second-order valence-corrected chi connectivity index (χ2v) is 6.42. The van der Waals surface area contributed by atoms with Crippen LogP contribution in [0.3, 0.4) is 0 Å². The van der Waals surface area contributed by atoms with Crippen LogP contribution in [-0.4, -0.2) is 29.8 Å². The van der Waals surface area contributed by atoms with E-state index >= 15 is 0 Å². The van der Waals surface area contributed by atoms with Crippen LogP contribution in [0.25, 0.3) is 0 Å². The SMILES string of the molecule is COc1cccc(NC(=O)c2cnc(NCc3ccc4c(c3)OCO4)nc2C)c1. The molecule has 0 bridgehead atoms. The first-order valence-electron chi connectivity index (χ1n) is 9.04. The summed E-state index contributed by atoms with van der Waals surface area (Å²) in [5.41, 5.74) is 2.63. The number of carbonyl (C=O) groups is 1. The summed E-state index contributed by atoms with van der Waals surface area (Å²) in [5, 5.41) is 5.99. The van der Waals surface area contributed by atoms with Gasteiger partial charge in [0, 0.05) is 24.5 Å². The van der Waals surface area contributed by atoms with E-state index in [1.807, 2.05) is 24.3 Å². The Kier molecular flexibility index (Phi) is 5.15. The van der Waals surface area contributed by atoms with Gasteiger partial charge in [-0.1, -0.05) is 12.1 Å². The molecule has 29 heavy (non-hydrogen) atoms. The summed E-state index contributed by atoms with van der Waals surface area (Å²) in [4.78, 5) is 21.2. The lowest BCUT2D eigenvalue weighted by molar-refractivity contribution is 0.102. The molecule has 8 heteroatoms. The predicted molar refractivity (Wildman–Crippen MR) is 108 cm³/mol. The summed E-state index contributed by atoms with van der Waals surface area (Å²) in [6.07, 6.45) is 1.51. The minimum atomic E-state index is -0.280. The number of anilines is 2. The van der Waals surface area contributed by atoms with Crippen molar-refractivity contribution in [1.29, 1.82) is 0 Å². The number of benzene rings is 2. The van der Waals surface area contributed by atoms with Gasteiger partial charge < -0.3 is 24.8 Å². The molecule has 2 aromatic carbocycles. The van der Waals surface area contributed by atoms with Crippen LogP contribution in [0.4, 0.5) is 11.6 Å². The van der Waals surface area contributed by atoms with Crippen LogP contribution in [0.1, 0.15) is 21.6 Å². The van der Waals surface area contributed by atoms with E-state index in [4.69, 9.17) is 14.2 Å². The number of aryl methyl sites for hydroxylation is 1. The van der Waals surface area contributed by atoms with Gasteiger partial charge >= 0.3 is 0 Å². The van der Waals surface area contributed by atoms with Gasteiger partial charge in [0.15, 0.2) is 11.5 Å². The Morgan fingerprint density at radius 2 is 2.03 bits per heavy atom. The van der Waals surface area contributed by atoms with Crippen molar-refractivity contribution in [3.63, 3.8) is 0 Å². The Labute approximate surface area is 167 Å². The molecule has 2 N–H and O–H groups in total. The Morgan fingerprint density at radius 3 is 2.86 bits per heavy atom. The fourth-order valence-electron chi connectivity index (χ4n) is 2.91. The Hall–Kier alpha value is -3.81. The van der Waals surface area contributed by atoms with Crippen LogP contribution < -0.4 is 24.8 Å². The van der Waals surface area contributed by atoms with Gasteiger partial charge in [0.25, 0.3) is 5.91 Å². The Balaban J connectivity index is 1.41. The monoisotopic (exact) mass is 392 g/mol. The summed E-state index contributed by atoms with van der Waals surface area (Å²) in [6, 6.07) is 12.9. The normalized spacial score (nSPS) is 11.8. The summed E-state index contributed by atoms with van der Waals surface area (Å²) in [7, 11) is 1.58. The third-order valence-corrected chi connectivity index (χ3v) is 4.44. The number of aromatic nitrogens is 2. The van der Waals surface area contributed by atoms with Crippen molar-refractivity contribution in [1.82, 2.24) is 9.97 Å². The van der Waals surface area contributed by atoms with E-state index < -0.39 is 0 Å². The van der Waals surface area contributed by atoms with Crippen molar-refractivity contribution in [3.8, 4) is 17.2 Å². The number of hydrogen-bond acceptors (Lipinski definition) is 7. The molecular weight excluding hydrogens is 372 g/mol. The summed E-state index contributed by atoms with van der Waals surface area (Å²) in [6.45, 7) is 2.53. The molecule has 1 amide bonds. The third-order valence-electron chi connectivity index (χ3n) is 4.44. The number of ether oxygens (including phenoxy) is 3. The molecular formula is C21H20N4O4. The van der Waals surface area contributed by atoms with E-state index in [9.17, 15) is 4.79 Å². The lowest BCUT2D eigenvalue weighted by Gasteiger charge is -2.10. The zero-order valence-corrected chi connectivity index (χ0v) is 16.1. The average molecular weight is 392 g/mol. The quantitative estimate of drug-likeness (QED) is 0.664. The Bertz CT molecular complexity index is 1050. The Morgan fingerprint density at radius 1 is 1.17 bits per heavy atom. The summed E-state index contributed by atoms with van der Waals surface area (Å²) < 4.78 is 15.9. The largest absolute Gasteiger partial charge is 0.497 e. The molecule has 1 aromatic heterocycles. The zero-order valence-electron chi connectivity index (χ0n) is 16.1. The number of amides is 1. The van der Waals surface area contributed by atoms with Crippen LogP contribution >= 0.6 is 0 Å². The van der Waals surface area contributed by atoms with E-state index in [-0.39, 0.29) is 12.7 Å². The smallest absolute Gasteiger partial charge is 0.259 e. The fraction of sp³-hybridized carbons (Fsp3) is 0.190. The van der Waals surface area contributed by atoms with Crippen molar-refractivity contribution in [2.24, 2.45) is 0 Å². The van der Waals surface area contributed by atoms with Crippen molar-refractivity contribution < 1.29 is 19.0 Å². The highest BCUT2D eigenvalue weighted by atomic mass is 16.7. The maximum Gasteiger partial charge on any atom is 0.259 e. The van der Waals surface area contributed by atoms with Crippen LogP contribution in [0.5, 0.6) is 17.2 Å². The molecule has 0 atom stereocenters. The van der Waals surface area contributed by atoms with Crippen molar-refractivity contribution in [3.05, 3.63) is 65.5 Å². The lowest BCUT2D eigenvalue weighted by atomic mass is 10.2. The first-order valence-corrected chi connectivity index (χ1v) is 9.04. The van der Waals surface area contributed by atoms with E-state index in [2.05, 4.69) is 20.6 Å². The second kappa shape index (κ2) is 8.05. The van der Waals surface area contributed by atoms with Crippen LogP contribution in [0.2, 0.25) is 0 Å². The van der Waals surface area contributed by atoms with Gasteiger partial charge in [0.2, 0.25) is 12.7 Å². The van der Waals surface area contributed by atoms with Gasteiger partial charge in [-0.2, -0.15) is 0 Å². The predicted octanol–water partition coefficient (Wildman–Crippen LogP) is 3.39. The van der Waals surface area contributed by atoms with Crippen LogP contribution in [0.15, 0.2) is 48.7 Å². The van der Waals surface area contributed by atoms with Gasteiger partial charge in [-0.25, -0.2) is 9.97 Å². The van der Waals surface area contributed by atoms with E-state index in [1.54, 1.807) is 32.2 Å². The second-order valence-electron chi connectivity index (χ2n) is 6.42. The number of carbonyl (C=O) groups excluding carboxylic acids is 1. The van der Waals surface area contributed by atoms with Gasteiger partial charge in [-0.05, 0) is 36.8 Å². The van der Waals surface area contributed by atoms with Gasteiger partial charge in [-0.3, -0.25) is 4.79 Å². The number of rotatable bonds is 6. The van der Waals surface area contributed by atoms with Gasteiger partial charge in [0.1, 0.15) is 5.75 Å². The lowest BCUT2D eigenvalue weighted by Crippen LogP contribution is -2.15. The van der Waals surface area contributed by atoms with E-state index in [1.165, 1.54) is 6.20 Å². The maximum absolute atomic E-state index is 12.6. The highest BCUT2D eigenvalue weighted by Crippen LogP contribution is 2.32. The molecule has 1 aliphatic rings. The van der Waals surface area contributed by atoms with Gasteiger partial charge in [0.05, 0.1) is 18.4 Å². The van der Waals surface area contributed by atoms with E-state index in [0.717, 1.165) is 17.1 Å². The first-order chi connectivity index (χ1) is 14.1. The number of hydrogen-bond donors (Lipinski definition) is 2. The van der Waals surface area contributed by atoms with E-state index in [0.29, 0.717) is 35.2 Å². The molecule has 8 nitrogen and oxygen atoms in total.